The third-order valence-corrected chi connectivity index (χ3v) is 0.354. The lowest BCUT2D eigenvalue weighted by Gasteiger charge is -1.99. The number of hydrazine groups is 1. The van der Waals surface area contributed by atoms with Crippen LogP contribution in [0.2, 0.25) is 0 Å². The fraction of sp³-hybridized carbons (Fsp3) is 1.00. The SMILES string of the molecule is NNCC(N)N. The highest BCUT2D eigenvalue weighted by Gasteiger charge is 1.84. The summed E-state index contributed by atoms with van der Waals surface area (Å²) in [4.78, 5) is 0. The summed E-state index contributed by atoms with van der Waals surface area (Å²) < 4.78 is 0. The molecule has 0 saturated carbocycles. The van der Waals surface area contributed by atoms with Gasteiger partial charge in [0.2, 0.25) is 0 Å². The van der Waals surface area contributed by atoms with Crippen molar-refractivity contribution in [1.29, 1.82) is 0 Å². The maximum atomic E-state index is 5.04. The first-order chi connectivity index (χ1) is 2.77. The van der Waals surface area contributed by atoms with Gasteiger partial charge in [0, 0.05) is 6.54 Å². The van der Waals surface area contributed by atoms with Crippen molar-refractivity contribution in [2.24, 2.45) is 17.3 Å². The van der Waals surface area contributed by atoms with Crippen molar-refractivity contribution in [2.75, 3.05) is 6.54 Å². The third-order valence-electron chi connectivity index (χ3n) is 0.354. The molecule has 0 amide bonds. The lowest BCUT2D eigenvalue weighted by Crippen LogP contribution is -2.43. The van der Waals surface area contributed by atoms with E-state index in [2.05, 4.69) is 5.43 Å². The van der Waals surface area contributed by atoms with E-state index in [0.29, 0.717) is 6.54 Å². The molecule has 0 bridgehead atoms. The van der Waals surface area contributed by atoms with Crippen LogP contribution in [0.25, 0.3) is 0 Å². The van der Waals surface area contributed by atoms with Gasteiger partial charge >= 0.3 is 0 Å². The highest BCUT2D eigenvalue weighted by molar-refractivity contribution is 4.48. The fourth-order valence-electron chi connectivity index (χ4n) is 0.136. The second kappa shape index (κ2) is 3.05. The monoisotopic (exact) mass is 90.1 g/mol. The van der Waals surface area contributed by atoms with E-state index < -0.39 is 0 Å². The van der Waals surface area contributed by atoms with Crippen LogP contribution >= 0.6 is 0 Å². The summed E-state index contributed by atoms with van der Waals surface area (Å²) in [5.74, 6) is 4.82. The van der Waals surface area contributed by atoms with Gasteiger partial charge in [-0.15, -0.1) is 0 Å². The zero-order valence-corrected chi connectivity index (χ0v) is 3.52. The van der Waals surface area contributed by atoms with Crippen LogP contribution in [0.1, 0.15) is 0 Å². The molecule has 0 aliphatic carbocycles. The van der Waals surface area contributed by atoms with E-state index in [4.69, 9.17) is 17.3 Å². The summed E-state index contributed by atoms with van der Waals surface area (Å²) >= 11 is 0. The quantitative estimate of drug-likeness (QED) is 0.174. The van der Waals surface area contributed by atoms with Gasteiger partial charge in [-0.3, -0.25) is 11.3 Å². The van der Waals surface area contributed by atoms with Crippen LogP contribution in [0.5, 0.6) is 0 Å². The molecule has 0 saturated heterocycles. The van der Waals surface area contributed by atoms with Crippen molar-refractivity contribution >= 4 is 0 Å². The average molecular weight is 90.1 g/mol. The standard InChI is InChI=1S/C2H10N4/c3-2(4)1-6-5/h2,6H,1,3-5H2. The van der Waals surface area contributed by atoms with Crippen LogP contribution in [-0.4, -0.2) is 12.7 Å². The van der Waals surface area contributed by atoms with Gasteiger partial charge < -0.3 is 11.5 Å². The molecule has 6 heavy (non-hydrogen) atoms. The maximum Gasteiger partial charge on any atom is 0.0663 e. The van der Waals surface area contributed by atoms with Crippen LogP contribution in [0.15, 0.2) is 0 Å². The van der Waals surface area contributed by atoms with Crippen LogP contribution in [0, 0.1) is 0 Å². The van der Waals surface area contributed by atoms with E-state index in [1.54, 1.807) is 0 Å². The first kappa shape index (κ1) is 5.84. The molecule has 0 aromatic rings. The van der Waals surface area contributed by atoms with E-state index >= 15 is 0 Å². The smallest absolute Gasteiger partial charge is 0.0663 e. The molecule has 0 aromatic carbocycles. The highest BCUT2D eigenvalue weighted by atomic mass is 15.2. The first-order valence-corrected chi connectivity index (χ1v) is 1.72. The predicted molar refractivity (Wildman–Crippen MR) is 24.4 cm³/mol. The third kappa shape index (κ3) is 3.84. The summed E-state index contributed by atoms with van der Waals surface area (Å²) in [5, 5.41) is 0. The molecule has 4 nitrogen and oxygen atoms in total. The molecule has 0 atom stereocenters. The van der Waals surface area contributed by atoms with E-state index in [0.717, 1.165) is 0 Å². The van der Waals surface area contributed by atoms with E-state index in [9.17, 15) is 0 Å². The Morgan fingerprint density at radius 1 is 1.50 bits per heavy atom. The Hall–Kier alpha value is -0.160. The molecule has 0 heterocycles. The van der Waals surface area contributed by atoms with Crippen molar-refractivity contribution < 1.29 is 0 Å². The highest BCUT2D eigenvalue weighted by Crippen LogP contribution is 1.48. The van der Waals surface area contributed by atoms with Gasteiger partial charge in [-0.2, -0.15) is 0 Å². The fourth-order valence-corrected chi connectivity index (χ4v) is 0.136. The minimum Gasteiger partial charge on any atom is -0.315 e. The van der Waals surface area contributed by atoms with Crippen molar-refractivity contribution in [3.8, 4) is 0 Å². The molecule has 7 N–H and O–H groups in total. The van der Waals surface area contributed by atoms with Gasteiger partial charge in [-0.05, 0) is 0 Å². The van der Waals surface area contributed by atoms with Gasteiger partial charge in [-0.1, -0.05) is 0 Å². The predicted octanol–water partition coefficient (Wildman–Crippen LogP) is -2.31. The number of nitrogens with one attached hydrogen (secondary N) is 1. The number of rotatable bonds is 2. The molecule has 0 aromatic heterocycles. The summed E-state index contributed by atoms with van der Waals surface area (Å²) in [5.41, 5.74) is 12.4. The van der Waals surface area contributed by atoms with E-state index in [1.807, 2.05) is 0 Å². The molecule has 0 radical (unpaired) electrons. The molecule has 0 unspecified atom stereocenters. The molecular formula is C2H10N4. The summed E-state index contributed by atoms with van der Waals surface area (Å²) in [6.07, 6.45) is -0.338. The molecule has 0 fully saturated rings. The zero-order chi connectivity index (χ0) is 4.99. The van der Waals surface area contributed by atoms with Gasteiger partial charge in [0.15, 0.2) is 0 Å². The minimum atomic E-state index is -0.338. The normalized spacial score (nSPS) is 10.0. The number of hydrogen-bond acceptors (Lipinski definition) is 4. The summed E-state index contributed by atoms with van der Waals surface area (Å²) in [7, 11) is 0. The first-order valence-electron chi connectivity index (χ1n) is 1.72. The topological polar surface area (TPSA) is 90.1 Å². The van der Waals surface area contributed by atoms with E-state index in [1.165, 1.54) is 0 Å². The minimum absolute atomic E-state index is 0.338. The Morgan fingerprint density at radius 2 is 2.00 bits per heavy atom. The van der Waals surface area contributed by atoms with Gasteiger partial charge in [0.1, 0.15) is 0 Å². The van der Waals surface area contributed by atoms with E-state index in [-0.39, 0.29) is 6.17 Å². The van der Waals surface area contributed by atoms with Gasteiger partial charge in [0.05, 0.1) is 6.17 Å². The number of nitrogens with two attached hydrogens (primary N) is 3. The molecule has 0 rings (SSSR count). The Balaban J connectivity index is 2.63. The van der Waals surface area contributed by atoms with Crippen LogP contribution in [-0.2, 0) is 0 Å². The average Bonchev–Trinajstić information content (AvgIpc) is 1.35. The second-order valence-corrected chi connectivity index (χ2v) is 1.07. The van der Waals surface area contributed by atoms with Crippen LogP contribution in [0.3, 0.4) is 0 Å². The van der Waals surface area contributed by atoms with Gasteiger partial charge in [0.25, 0.3) is 0 Å². The molecule has 0 aliphatic heterocycles. The number of hydrogen-bond donors (Lipinski definition) is 4. The molecule has 4 heteroatoms. The van der Waals surface area contributed by atoms with Crippen molar-refractivity contribution in [3.05, 3.63) is 0 Å². The summed E-state index contributed by atoms with van der Waals surface area (Å²) in [6.45, 7) is 0.458. The van der Waals surface area contributed by atoms with Crippen molar-refractivity contribution in [2.45, 2.75) is 6.17 Å². The largest absolute Gasteiger partial charge is 0.315 e. The Bertz CT molecular complexity index is 26.7. The molecular weight excluding hydrogens is 80.1 g/mol. The molecule has 38 valence electrons. The Kier molecular flexibility index (Phi) is 2.97. The lowest BCUT2D eigenvalue weighted by atomic mass is 10.6. The molecule has 0 aliphatic rings. The summed E-state index contributed by atoms with van der Waals surface area (Å²) in [6, 6.07) is 0. The molecule has 0 spiro atoms. The lowest BCUT2D eigenvalue weighted by molar-refractivity contribution is 0.611. The Labute approximate surface area is 36.6 Å². The van der Waals surface area contributed by atoms with Crippen LogP contribution < -0.4 is 22.7 Å². The second-order valence-electron chi connectivity index (χ2n) is 1.07. The zero-order valence-electron chi connectivity index (χ0n) is 3.52. The Morgan fingerprint density at radius 3 is 2.00 bits per heavy atom. The maximum absolute atomic E-state index is 5.04. The van der Waals surface area contributed by atoms with Gasteiger partial charge in [-0.25, -0.2) is 0 Å². The van der Waals surface area contributed by atoms with Crippen molar-refractivity contribution in [3.63, 3.8) is 0 Å². The van der Waals surface area contributed by atoms with Crippen LogP contribution in [0.4, 0.5) is 0 Å². The van der Waals surface area contributed by atoms with Crippen molar-refractivity contribution in [1.82, 2.24) is 5.43 Å².